The van der Waals surface area contributed by atoms with Crippen molar-refractivity contribution in [3.05, 3.63) is 46.7 Å². The van der Waals surface area contributed by atoms with Gasteiger partial charge in [0.1, 0.15) is 0 Å². The van der Waals surface area contributed by atoms with E-state index in [2.05, 4.69) is 10.5 Å². The van der Waals surface area contributed by atoms with Gasteiger partial charge in [-0.15, -0.1) is 5.73 Å². The summed E-state index contributed by atoms with van der Waals surface area (Å²) in [6, 6.07) is 3.53. The molecule has 0 radical (unpaired) electrons. The Kier molecular flexibility index (Phi) is 6.61. The molecule has 0 saturated heterocycles. The SMILES string of the molecule is CCC=C=C[C@H](NS(=O)(=O)c1c(C)cc(C)cc1C)C(C)C. The summed E-state index contributed by atoms with van der Waals surface area (Å²) in [6.07, 6.45) is 4.57. The van der Waals surface area contributed by atoms with Gasteiger partial charge in [0.05, 0.1) is 4.90 Å². The Morgan fingerprint density at radius 3 is 2.18 bits per heavy atom. The molecule has 1 atom stereocenters. The highest BCUT2D eigenvalue weighted by Gasteiger charge is 2.24. The molecule has 0 aromatic heterocycles. The third-order valence-corrected chi connectivity index (χ3v) is 5.24. The molecular weight excluding hydrogens is 294 g/mol. The summed E-state index contributed by atoms with van der Waals surface area (Å²) in [5, 5.41) is 0. The van der Waals surface area contributed by atoms with Gasteiger partial charge >= 0.3 is 0 Å². The highest BCUT2D eigenvalue weighted by Crippen LogP contribution is 2.22. The lowest BCUT2D eigenvalue weighted by Gasteiger charge is -2.20. The number of hydrogen-bond acceptors (Lipinski definition) is 2. The molecule has 1 N–H and O–H groups in total. The second kappa shape index (κ2) is 7.77. The summed E-state index contributed by atoms with van der Waals surface area (Å²) in [4.78, 5) is 0.386. The van der Waals surface area contributed by atoms with Crippen molar-refractivity contribution in [2.75, 3.05) is 0 Å². The van der Waals surface area contributed by atoms with Crippen LogP contribution >= 0.6 is 0 Å². The van der Waals surface area contributed by atoms with Crippen molar-refractivity contribution in [2.24, 2.45) is 5.92 Å². The fraction of sp³-hybridized carbons (Fsp3) is 0.500. The molecule has 1 rings (SSSR count). The Balaban J connectivity index is 3.22. The van der Waals surface area contributed by atoms with Crippen LogP contribution in [0.15, 0.2) is 34.9 Å². The highest BCUT2D eigenvalue weighted by atomic mass is 32.2. The topological polar surface area (TPSA) is 46.2 Å². The summed E-state index contributed by atoms with van der Waals surface area (Å²) in [6.45, 7) is 11.7. The number of nitrogens with one attached hydrogen (secondary N) is 1. The molecule has 4 heteroatoms. The van der Waals surface area contributed by atoms with Crippen LogP contribution in [0.1, 0.15) is 43.9 Å². The van der Waals surface area contributed by atoms with Gasteiger partial charge in [-0.05, 0) is 56.4 Å². The van der Waals surface area contributed by atoms with Crippen molar-refractivity contribution in [1.29, 1.82) is 0 Å². The van der Waals surface area contributed by atoms with E-state index in [1.807, 2.05) is 59.8 Å². The maximum Gasteiger partial charge on any atom is 0.241 e. The van der Waals surface area contributed by atoms with E-state index >= 15 is 0 Å². The minimum Gasteiger partial charge on any atom is -0.207 e. The molecule has 0 saturated carbocycles. The summed E-state index contributed by atoms with van der Waals surface area (Å²) in [5.41, 5.74) is 5.68. The first-order valence-corrected chi connectivity index (χ1v) is 9.18. The first-order chi connectivity index (χ1) is 10.2. The van der Waals surface area contributed by atoms with Crippen LogP contribution in [0, 0.1) is 26.7 Å². The normalized spacial score (nSPS) is 12.9. The Morgan fingerprint density at radius 2 is 1.73 bits per heavy atom. The predicted molar refractivity (Wildman–Crippen MR) is 92.5 cm³/mol. The first-order valence-electron chi connectivity index (χ1n) is 7.70. The lowest BCUT2D eigenvalue weighted by Crippen LogP contribution is -2.37. The first kappa shape index (κ1) is 18.7. The van der Waals surface area contributed by atoms with Crippen LogP contribution in [0.2, 0.25) is 0 Å². The van der Waals surface area contributed by atoms with Gasteiger partial charge in [-0.25, -0.2) is 13.1 Å². The van der Waals surface area contributed by atoms with E-state index in [0.29, 0.717) is 4.90 Å². The lowest BCUT2D eigenvalue weighted by atomic mass is 10.1. The molecule has 0 fully saturated rings. The fourth-order valence-electron chi connectivity index (χ4n) is 2.48. The summed E-state index contributed by atoms with van der Waals surface area (Å²) in [5.74, 6) is 0.151. The molecule has 0 aliphatic rings. The Labute approximate surface area is 135 Å². The van der Waals surface area contributed by atoms with Gasteiger partial charge in [-0.2, -0.15) is 0 Å². The van der Waals surface area contributed by atoms with Crippen LogP contribution in [0.3, 0.4) is 0 Å². The molecule has 1 aromatic rings. The molecule has 0 amide bonds. The number of aryl methyl sites for hydroxylation is 3. The molecule has 22 heavy (non-hydrogen) atoms. The van der Waals surface area contributed by atoms with Crippen molar-refractivity contribution in [3.63, 3.8) is 0 Å². The molecule has 0 heterocycles. The third kappa shape index (κ3) is 4.84. The van der Waals surface area contributed by atoms with E-state index in [1.165, 1.54) is 0 Å². The summed E-state index contributed by atoms with van der Waals surface area (Å²) in [7, 11) is -3.55. The maximum atomic E-state index is 12.8. The minimum absolute atomic E-state index is 0.151. The van der Waals surface area contributed by atoms with Crippen molar-refractivity contribution >= 4 is 10.0 Å². The van der Waals surface area contributed by atoms with Crippen molar-refractivity contribution in [2.45, 2.75) is 58.9 Å². The third-order valence-electron chi connectivity index (χ3n) is 3.48. The van der Waals surface area contributed by atoms with Crippen LogP contribution in [-0.4, -0.2) is 14.5 Å². The number of benzene rings is 1. The number of sulfonamides is 1. The average Bonchev–Trinajstić information content (AvgIpc) is 2.35. The Morgan fingerprint density at radius 1 is 1.18 bits per heavy atom. The molecule has 0 aliphatic carbocycles. The van der Waals surface area contributed by atoms with Gasteiger partial charge in [0, 0.05) is 6.04 Å². The van der Waals surface area contributed by atoms with Gasteiger partial charge in [0.2, 0.25) is 10.0 Å². The predicted octanol–water partition coefficient (Wildman–Crippen LogP) is 4.04. The monoisotopic (exact) mass is 321 g/mol. The van der Waals surface area contributed by atoms with Gasteiger partial charge in [0.15, 0.2) is 0 Å². The van der Waals surface area contributed by atoms with E-state index in [-0.39, 0.29) is 12.0 Å². The zero-order valence-corrected chi connectivity index (χ0v) is 15.2. The van der Waals surface area contributed by atoms with Crippen LogP contribution in [0.25, 0.3) is 0 Å². The van der Waals surface area contributed by atoms with Gasteiger partial charge in [-0.3, -0.25) is 0 Å². The van der Waals surface area contributed by atoms with Crippen molar-refractivity contribution in [3.8, 4) is 0 Å². The number of rotatable bonds is 6. The zero-order chi connectivity index (χ0) is 16.9. The fourth-order valence-corrected chi connectivity index (χ4v) is 4.26. The highest BCUT2D eigenvalue weighted by molar-refractivity contribution is 7.89. The standard InChI is InChI=1S/C18H27NO2S/c1-7-8-9-10-17(13(2)3)19-22(20,21)18-15(5)11-14(4)12-16(18)6/h8,10-13,17,19H,7H2,1-6H3/t9?,17-/m0/s1. The summed E-state index contributed by atoms with van der Waals surface area (Å²) < 4.78 is 28.3. The molecule has 0 spiro atoms. The molecule has 122 valence electrons. The van der Waals surface area contributed by atoms with Crippen molar-refractivity contribution in [1.82, 2.24) is 4.72 Å². The van der Waals surface area contributed by atoms with Crippen LogP contribution < -0.4 is 4.72 Å². The van der Waals surface area contributed by atoms with E-state index in [0.717, 1.165) is 23.1 Å². The van der Waals surface area contributed by atoms with E-state index in [4.69, 9.17) is 0 Å². The van der Waals surface area contributed by atoms with Crippen LogP contribution in [-0.2, 0) is 10.0 Å². The van der Waals surface area contributed by atoms with E-state index < -0.39 is 10.0 Å². The largest absolute Gasteiger partial charge is 0.241 e. The van der Waals surface area contributed by atoms with Crippen LogP contribution in [0.4, 0.5) is 0 Å². The average molecular weight is 321 g/mol. The Hall–Kier alpha value is -1.35. The second-order valence-electron chi connectivity index (χ2n) is 6.06. The lowest BCUT2D eigenvalue weighted by molar-refractivity contribution is 0.508. The van der Waals surface area contributed by atoms with Gasteiger partial charge in [-0.1, -0.05) is 38.5 Å². The van der Waals surface area contributed by atoms with Gasteiger partial charge < -0.3 is 0 Å². The molecular formula is C18H27NO2S. The minimum atomic E-state index is -3.55. The Bertz CT molecular complexity index is 658. The molecule has 0 bridgehead atoms. The molecule has 0 aliphatic heterocycles. The van der Waals surface area contributed by atoms with E-state index in [9.17, 15) is 8.42 Å². The number of hydrogen-bond donors (Lipinski definition) is 1. The summed E-state index contributed by atoms with van der Waals surface area (Å²) >= 11 is 0. The maximum absolute atomic E-state index is 12.8. The molecule has 1 aromatic carbocycles. The molecule has 3 nitrogen and oxygen atoms in total. The van der Waals surface area contributed by atoms with E-state index in [1.54, 1.807) is 6.08 Å². The molecule has 0 unspecified atom stereocenters. The van der Waals surface area contributed by atoms with Crippen LogP contribution in [0.5, 0.6) is 0 Å². The smallest absolute Gasteiger partial charge is 0.207 e. The second-order valence-corrected chi connectivity index (χ2v) is 7.72. The van der Waals surface area contributed by atoms with Gasteiger partial charge in [0.25, 0.3) is 0 Å². The quantitative estimate of drug-likeness (QED) is 0.804. The zero-order valence-electron chi connectivity index (χ0n) is 14.4. The van der Waals surface area contributed by atoms with Crippen molar-refractivity contribution < 1.29 is 8.42 Å².